The Morgan fingerprint density at radius 3 is 2.84 bits per heavy atom. The van der Waals surface area contributed by atoms with Crippen LogP contribution in [-0.2, 0) is 11.3 Å². The minimum absolute atomic E-state index is 0. The molecule has 1 amide bonds. The lowest BCUT2D eigenvalue weighted by Gasteiger charge is -2.29. The predicted octanol–water partition coefficient (Wildman–Crippen LogP) is 2.33. The van der Waals surface area contributed by atoms with Gasteiger partial charge in [0.1, 0.15) is 6.61 Å². The summed E-state index contributed by atoms with van der Waals surface area (Å²) in [7, 11) is 0. The summed E-state index contributed by atoms with van der Waals surface area (Å²) in [4.78, 5) is 11.7. The zero-order chi connectivity index (χ0) is 12.8. The Balaban J connectivity index is 0.00000180. The fourth-order valence-corrected chi connectivity index (χ4v) is 2.10. The Morgan fingerprint density at radius 2 is 2.16 bits per heavy atom. The van der Waals surface area contributed by atoms with Crippen LogP contribution in [0, 0.1) is 5.92 Å². The van der Waals surface area contributed by atoms with Crippen molar-refractivity contribution < 1.29 is 9.53 Å². The first kappa shape index (κ1) is 15.8. The lowest BCUT2D eigenvalue weighted by atomic mass is 9.95. The zero-order valence-corrected chi connectivity index (χ0v) is 11.9. The summed E-state index contributed by atoms with van der Waals surface area (Å²) in [5.41, 5.74) is 1.00. The molecule has 0 spiro atoms. The first-order valence-corrected chi connectivity index (χ1v) is 6.43. The normalized spacial score (nSPS) is 22.2. The van der Waals surface area contributed by atoms with Crippen molar-refractivity contribution >= 4 is 18.5 Å². The number of benzene rings is 1. The van der Waals surface area contributed by atoms with E-state index in [0.717, 1.165) is 25.1 Å². The summed E-state index contributed by atoms with van der Waals surface area (Å²) in [6, 6.07) is 9.87. The molecule has 0 aliphatic carbocycles. The van der Waals surface area contributed by atoms with Crippen molar-refractivity contribution in [2.75, 3.05) is 13.1 Å². The van der Waals surface area contributed by atoms with Crippen molar-refractivity contribution in [2.24, 2.45) is 5.92 Å². The Kier molecular flexibility index (Phi) is 6.67. The van der Waals surface area contributed by atoms with Crippen LogP contribution in [0.5, 0.6) is 0 Å². The van der Waals surface area contributed by atoms with Crippen LogP contribution in [-0.4, -0.2) is 25.2 Å². The number of hydrogen-bond acceptors (Lipinski definition) is 3. The number of carbonyl (C=O) groups excluding carboxylic acids is 1. The largest absolute Gasteiger partial charge is 0.445 e. The predicted molar refractivity (Wildman–Crippen MR) is 77.4 cm³/mol. The monoisotopic (exact) mass is 284 g/mol. The second kappa shape index (κ2) is 8.02. The first-order valence-electron chi connectivity index (χ1n) is 6.43. The molecule has 2 atom stereocenters. The highest BCUT2D eigenvalue weighted by atomic mass is 35.5. The minimum Gasteiger partial charge on any atom is -0.445 e. The molecular weight excluding hydrogens is 264 g/mol. The van der Waals surface area contributed by atoms with Gasteiger partial charge in [0.05, 0.1) is 0 Å². The van der Waals surface area contributed by atoms with Gasteiger partial charge in [-0.3, -0.25) is 0 Å². The number of piperidine rings is 1. The molecule has 1 fully saturated rings. The second-order valence-corrected chi connectivity index (χ2v) is 4.78. The topological polar surface area (TPSA) is 50.4 Å². The molecule has 1 saturated heterocycles. The SMILES string of the molecule is C[C@H]1CCNC[C@H]1NC(=O)OCc1ccccc1.Cl. The van der Waals surface area contributed by atoms with Crippen LogP contribution in [0.15, 0.2) is 30.3 Å². The van der Waals surface area contributed by atoms with Crippen molar-refractivity contribution in [2.45, 2.75) is 26.0 Å². The van der Waals surface area contributed by atoms with Crippen LogP contribution in [0.25, 0.3) is 0 Å². The van der Waals surface area contributed by atoms with Gasteiger partial charge in [-0.05, 0) is 24.4 Å². The van der Waals surface area contributed by atoms with Gasteiger partial charge in [-0.2, -0.15) is 0 Å². The maximum absolute atomic E-state index is 11.7. The van der Waals surface area contributed by atoms with Gasteiger partial charge in [0.25, 0.3) is 0 Å². The average Bonchev–Trinajstić information content (AvgIpc) is 2.40. The molecule has 19 heavy (non-hydrogen) atoms. The van der Waals surface area contributed by atoms with E-state index in [2.05, 4.69) is 17.6 Å². The van der Waals surface area contributed by atoms with Gasteiger partial charge in [0, 0.05) is 12.6 Å². The number of hydrogen-bond donors (Lipinski definition) is 2. The third-order valence-corrected chi connectivity index (χ3v) is 3.34. The van der Waals surface area contributed by atoms with Gasteiger partial charge in [-0.25, -0.2) is 4.79 Å². The third-order valence-electron chi connectivity index (χ3n) is 3.34. The molecule has 0 saturated carbocycles. The molecule has 1 heterocycles. The second-order valence-electron chi connectivity index (χ2n) is 4.78. The molecule has 4 nitrogen and oxygen atoms in total. The van der Waals surface area contributed by atoms with E-state index >= 15 is 0 Å². The van der Waals surface area contributed by atoms with Gasteiger partial charge >= 0.3 is 6.09 Å². The van der Waals surface area contributed by atoms with Gasteiger partial charge in [0.2, 0.25) is 0 Å². The van der Waals surface area contributed by atoms with Crippen molar-refractivity contribution in [1.82, 2.24) is 10.6 Å². The van der Waals surface area contributed by atoms with Crippen molar-refractivity contribution in [3.63, 3.8) is 0 Å². The van der Waals surface area contributed by atoms with E-state index in [-0.39, 0.29) is 24.5 Å². The first-order chi connectivity index (χ1) is 8.75. The highest BCUT2D eigenvalue weighted by molar-refractivity contribution is 5.85. The average molecular weight is 285 g/mol. The standard InChI is InChI=1S/C14H20N2O2.ClH/c1-11-7-8-15-9-13(11)16-14(17)18-10-12-5-3-2-4-6-12;/h2-6,11,13,15H,7-10H2,1H3,(H,16,17);1H/t11-,13+;/m0./s1. The highest BCUT2D eigenvalue weighted by Crippen LogP contribution is 2.11. The summed E-state index contributed by atoms with van der Waals surface area (Å²) >= 11 is 0. The number of ether oxygens (including phenoxy) is 1. The van der Waals surface area contributed by atoms with Crippen molar-refractivity contribution in [3.05, 3.63) is 35.9 Å². The lowest BCUT2D eigenvalue weighted by molar-refractivity contribution is 0.129. The Hall–Kier alpha value is -1.26. The molecule has 2 N–H and O–H groups in total. The summed E-state index contributed by atoms with van der Waals surface area (Å²) in [6.07, 6.45) is 0.753. The van der Waals surface area contributed by atoms with E-state index in [1.165, 1.54) is 0 Å². The van der Waals surface area contributed by atoms with Crippen LogP contribution in [0.4, 0.5) is 4.79 Å². The minimum atomic E-state index is -0.334. The number of alkyl carbamates (subject to hydrolysis) is 1. The van der Waals surface area contributed by atoms with Crippen LogP contribution >= 0.6 is 12.4 Å². The number of nitrogens with one attached hydrogen (secondary N) is 2. The molecule has 1 aliphatic heterocycles. The smallest absolute Gasteiger partial charge is 0.407 e. The van der Waals surface area contributed by atoms with E-state index in [9.17, 15) is 4.79 Å². The highest BCUT2D eigenvalue weighted by Gasteiger charge is 2.22. The van der Waals surface area contributed by atoms with Crippen LogP contribution in [0.1, 0.15) is 18.9 Å². The molecule has 1 aromatic rings. The summed E-state index contributed by atoms with van der Waals surface area (Å²) in [5.74, 6) is 0.496. The maximum atomic E-state index is 11.7. The zero-order valence-electron chi connectivity index (χ0n) is 11.1. The maximum Gasteiger partial charge on any atom is 0.407 e. The number of amides is 1. The molecule has 1 aliphatic rings. The molecule has 2 rings (SSSR count). The van der Waals surface area contributed by atoms with Gasteiger partial charge in [-0.15, -0.1) is 12.4 Å². The van der Waals surface area contributed by atoms with Crippen molar-refractivity contribution in [3.8, 4) is 0 Å². The Morgan fingerprint density at radius 1 is 1.42 bits per heavy atom. The summed E-state index contributed by atoms with van der Waals surface area (Å²) < 4.78 is 5.20. The molecule has 106 valence electrons. The quantitative estimate of drug-likeness (QED) is 0.896. The number of halogens is 1. The van der Waals surface area contributed by atoms with E-state index in [1.807, 2.05) is 30.3 Å². The molecule has 0 radical (unpaired) electrons. The fraction of sp³-hybridized carbons (Fsp3) is 0.500. The van der Waals surface area contributed by atoms with E-state index < -0.39 is 0 Å². The summed E-state index contributed by atoms with van der Waals surface area (Å²) in [5, 5.41) is 6.19. The van der Waals surface area contributed by atoms with Crippen molar-refractivity contribution in [1.29, 1.82) is 0 Å². The number of carbonyl (C=O) groups is 1. The lowest BCUT2D eigenvalue weighted by Crippen LogP contribution is -2.50. The molecule has 0 unspecified atom stereocenters. The third kappa shape index (κ3) is 5.09. The van der Waals surface area contributed by atoms with Crippen LogP contribution in [0.3, 0.4) is 0 Å². The van der Waals surface area contributed by atoms with Gasteiger partial charge < -0.3 is 15.4 Å². The number of rotatable bonds is 3. The molecule has 5 heteroatoms. The van der Waals surface area contributed by atoms with Crippen LogP contribution < -0.4 is 10.6 Å². The van der Waals surface area contributed by atoms with Crippen LogP contribution in [0.2, 0.25) is 0 Å². The molecule has 1 aromatic carbocycles. The molecule has 0 aromatic heterocycles. The Labute approximate surface area is 120 Å². The van der Waals surface area contributed by atoms with Gasteiger partial charge in [-0.1, -0.05) is 37.3 Å². The van der Waals surface area contributed by atoms with E-state index in [1.54, 1.807) is 0 Å². The molecular formula is C14H21ClN2O2. The fourth-order valence-electron chi connectivity index (χ4n) is 2.10. The van der Waals surface area contributed by atoms with Gasteiger partial charge in [0.15, 0.2) is 0 Å². The summed E-state index contributed by atoms with van der Waals surface area (Å²) in [6.45, 7) is 4.32. The van der Waals surface area contributed by atoms with E-state index in [0.29, 0.717) is 12.5 Å². The molecule has 0 bridgehead atoms. The Bertz CT molecular complexity index is 386. The van der Waals surface area contributed by atoms with E-state index in [4.69, 9.17) is 4.74 Å².